The summed E-state index contributed by atoms with van der Waals surface area (Å²) in [5.41, 5.74) is 1.43. The van der Waals surface area contributed by atoms with Crippen LogP contribution in [0.5, 0.6) is 5.75 Å². The van der Waals surface area contributed by atoms with Gasteiger partial charge in [-0.3, -0.25) is 0 Å². The topological polar surface area (TPSA) is 18.5 Å². The van der Waals surface area contributed by atoms with E-state index in [9.17, 15) is 0 Å². The Morgan fingerprint density at radius 3 is 1.21 bits per heavy atom. The Balaban J connectivity index is 1.77. The average Bonchev–Trinajstić information content (AvgIpc) is 2.96. The zero-order valence-electron chi connectivity index (χ0n) is 26.6. The molecule has 0 amide bonds. The number of rotatable bonds is 31. The van der Waals surface area contributed by atoms with Crippen LogP contribution in [0.3, 0.4) is 0 Å². The maximum absolute atomic E-state index is 5.86. The van der Waals surface area contributed by atoms with Gasteiger partial charge in [0.25, 0.3) is 0 Å². The van der Waals surface area contributed by atoms with Crippen LogP contribution in [0.2, 0.25) is 0 Å². The first-order valence-corrected chi connectivity index (χ1v) is 17.7. The van der Waals surface area contributed by atoms with E-state index in [0.29, 0.717) is 13.2 Å². The van der Waals surface area contributed by atoms with Crippen LogP contribution in [0.25, 0.3) is 0 Å². The standard InChI is InChI=1S/C37H68O2/c1-3-5-7-9-11-12-13-14-15-16-17-18-19-20-21-23-25-27-33-38-34-35-39-37-31-29-36(30-32-37)28-26-24-22-10-8-6-4-2/h29-32H,3-28,33-35H2,1-2H3. The third kappa shape index (κ3) is 25.7. The van der Waals surface area contributed by atoms with Crippen LogP contribution < -0.4 is 4.74 Å². The van der Waals surface area contributed by atoms with E-state index in [1.54, 1.807) is 0 Å². The van der Waals surface area contributed by atoms with Crippen LogP contribution in [-0.2, 0) is 11.2 Å². The predicted molar refractivity (Wildman–Crippen MR) is 173 cm³/mol. The summed E-state index contributed by atoms with van der Waals surface area (Å²) in [7, 11) is 0. The normalized spacial score (nSPS) is 11.3. The first-order chi connectivity index (χ1) is 19.4. The molecule has 0 bridgehead atoms. The summed E-state index contributed by atoms with van der Waals surface area (Å²) in [6, 6.07) is 8.69. The molecular weight excluding hydrogens is 476 g/mol. The van der Waals surface area contributed by atoms with Crippen molar-refractivity contribution in [1.82, 2.24) is 0 Å². The van der Waals surface area contributed by atoms with Crippen LogP contribution in [0.4, 0.5) is 0 Å². The van der Waals surface area contributed by atoms with E-state index in [2.05, 4.69) is 38.1 Å². The molecule has 2 nitrogen and oxygen atoms in total. The average molecular weight is 545 g/mol. The SMILES string of the molecule is CCCCCCCCCCCCCCCCCCCCOCCOc1ccc(CCCCCCCCC)cc1. The highest BCUT2D eigenvalue weighted by atomic mass is 16.5. The molecule has 0 aliphatic carbocycles. The van der Waals surface area contributed by atoms with Gasteiger partial charge in [-0.25, -0.2) is 0 Å². The zero-order valence-corrected chi connectivity index (χ0v) is 26.6. The van der Waals surface area contributed by atoms with Gasteiger partial charge in [-0.1, -0.05) is 174 Å². The lowest BCUT2D eigenvalue weighted by Crippen LogP contribution is -2.07. The Kier molecular flexibility index (Phi) is 27.7. The van der Waals surface area contributed by atoms with Crippen molar-refractivity contribution in [3.05, 3.63) is 29.8 Å². The fraction of sp³-hybridized carbons (Fsp3) is 0.838. The van der Waals surface area contributed by atoms with Gasteiger partial charge in [-0.2, -0.15) is 0 Å². The van der Waals surface area contributed by atoms with Gasteiger partial charge in [0.15, 0.2) is 0 Å². The van der Waals surface area contributed by atoms with Gasteiger partial charge >= 0.3 is 0 Å². The quantitative estimate of drug-likeness (QED) is 0.0865. The molecule has 0 saturated carbocycles. The lowest BCUT2D eigenvalue weighted by molar-refractivity contribution is 0.0970. The summed E-state index contributed by atoms with van der Waals surface area (Å²) < 4.78 is 11.6. The molecule has 0 spiro atoms. The molecule has 0 unspecified atom stereocenters. The summed E-state index contributed by atoms with van der Waals surface area (Å²) in [6.45, 7) is 6.80. The van der Waals surface area contributed by atoms with E-state index in [0.717, 1.165) is 12.4 Å². The Morgan fingerprint density at radius 1 is 0.385 bits per heavy atom. The highest BCUT2D eigenvalue weighted by molar-refractivity contribution is 5.27. The second-order valence-electron chi connectivity index (χ2n) is 12.0. The van der Waals surface area contributed by atoms with Crippen molar-refractivity contribution in [2.75, 3.05) is 19.8 Å². The minimum Gasteiger partial charge on any atom is -0.491 e. The number of ether oxygens (including phenoxy) is 2. The molecule has 0 fully saturated rings. The highest BCUT2D eigenvalue weighted by Gasteiger charge is 1.99. The van der Waals surface area contributed by atoms with Gasteiger partial charge in [-0.15, -0.1) is 0 Å². The first kappa shape index (κ1) is 36.0. The van der Waals surface area contributed by atoms with Gasteiger partial charge in [-0.05, 0) is 37.0 Å². The summed E-state index contributed by atoms with van der Waals surface area (Å²) >= 11 is 0. The molecule has 1 aromatic carbocycles. The van der Waals surface area contributed by atoms with Crippen LogP contribution in [0.1, 0.15) is 180 Å². The molecule has 1 aromatic rings. The maximum atomic E-state index is 5.86. The predicted octanol–water partition coefficient (Wildman–Crippen LogP) is 12.4. The number of benzene rings is 1. The van der Waals surface area contributed by atoms with Crippen molar-refractivity contribution in [1.29, 1.82) is 0 Å². The lowest BCUT2D eigenvalue weighted by atomic mass is 10.0. The molecule has 0 N–H and O–H groups in total. The molecule has 0 aliphatic heterocycles. The molecule has 0 aliphatic rings. The van der Waals surface area contributed by atoms with E-state index >= 15 is 0 Å². The van der Waals surface area contributed by atoms with Crippen molar-refractivity contribution < 1.29 is 9.47 Å². The van der Waals surface area contributed by atoms with Crippen molar-refractivity contribution >= 4 is 0 Å². The Hall–Kier alpha value is -1.02. The smallest absolute Gasteiger partial charge is 0.119 e. The van der Waals surface area contributed by atoms with Crippen molar-refractivity contribution in [3.63, 3.8) is 0 Å². The summed E-state index contributed by atoms with van der Waals surface area (Å²) in [5, 5.41) is 0. The molecule has 0 aromatic heterocycles. The molecular formula is C37H68O2. The van der Waals surface area contributed by atoms with Crippen LogP contribution in [0.15, 0.2) is 24.3 Å². The van der Waals surface area contributed by atoms with E-state index in [-0.39, 0.29) is 0 Å². The van der Waals surface area contributed by atoms with E-state index < -0.39 is 0 Å². The van der Waals surface area contributed by atoms with Crippen LogP contribution in [-0.4, -0.2) is 19.8 Å². The number of aryl methyl sites for hydroxylation is 1. The minimum atomic E-state index is 0.649. The third-order valence-corrected chi connectivity index (χ3v) is 8.13. The van der Waals surface area contributed by atoms with Crippen molar-refractivity contribution in [3.8, 4) is 5.75 Å². The Morgan fingerprint density at radius 2 is 0.769 bits per heavy atom. The van der Waals surface area contributed by atoms with E-state index in [1.807, 2.05) is 0 Å². The monoisotopic (exact) mass is 545 g/mol. The van der Waals surface area contributed by atoms with Crippen LogP contribution in [0, 0.1) is 0 Å². The second-order valence-corrected chi connectivity index (χ2v) is 12.0. The first-order valence-electron chi connectivity index (χ1n) is 17.7. The molecule has 0 heterocycles. The summed E-state index contributed by atoms with van der Waals surface area (Å²) in [6.07, 6.45) is 36.3. The fourth-order valence-electron chi connectivity index (χ4n) is 5.46. The number of hydrogen-bond donors (Lipinski definition) is 0. The molecule has 0 radical (unpaired) electrons. The Bertz CT molecular complexity index is 582. The molecule has 39 heavy (non-hydrogen) atoms. The third-order valence-electron chi connectivity index (χ3n) is 8.13. The number of hydrogen-bond acceptors (Lipinski definition) is 2. The molecule has 0 saturated heterocycles. The molecule has 228 valence electrons. The van der Waals surface area contributed by atoms with Gasteiger partial charge in [0.05, 0.1) is 6.61 Å². The number of unbranched alkanes of at least 4 members (excludes halogenated alkanes) is 23. The summed E-state index contributed by atoms with van der Waals surface area (Å²) in [4.78, 5) is 0. The van der Waals surface area contributed by atoms with Gasteiger partial charge in [0, 0.05) is 6.61 Å². The van der Waals surface area contributed by atoms with Crippen LogP contribution >= 0.6 is 0 Å². The van der Waals surface area contributed by atoms with Gasteiger partial charge in [0.2, 0.25) is 0 Å². The fourth-order valence-corrected chi connectivity index (χ4v) is 5.46. The maximum Gasteiger partial charge on any atom is 0.119 e. The van der Waals surface area contributed by atoms with Crippen molar-refractivity contribution in [2.24, 2.45) is 0 Å². The van der Waals surface area contributed by atoms with Gasteiger partial charge < -0.3 is 9.47 Å². The minimum absolute atomic E-state index is 0.649. The molecule has 0 atom stereocenters. The Labute approximate surface area is 245 Å². The van der Waals surface area contributed by atoms with Crippen molar-refractivity contribution in [2.45, 2.75) is 181 Å². The zero-order chi connectivity index (χ0) is 27.9. The van der Waals surface area contributed by atoms with E-state index in [1.165, 1.54) is 173 Å². The highest BCUT2D eigenvalue weighted by Crippen LogP contribution is 2.16. The molecule has 1 rings (SSSR count). The lowest BCUT2D eigenvalue weighted by Gasteiger charge is -2.08. The largest absolute Gasteiger partial charge is 0.491 e. The molecule has 2 heteroatoms. The summed E-state index contributed by atoms with van der Waals surface area (Å²) in [5.74, 6) is 0.968. The van der Waals surface area contributed by atoms with Gasteiger partial charge in [0.1, 0.15) is 12.4 Å². The second kappa shape index (κ2) is 30.0. The van der Waals surface area contributed by atoms with E-state index in [4.69, 9.17) is 9.47 Å².